The highest BCUT2D eigenvalue weighted by molar-refractivity contribution is 5.89. The van der Waals surface area contributed by atoms with Gasteiger partial charge in [0.15, 0.2) is 12.6 Å². The average molecular weight is 277 g/mol. The molecule has 1 fully saturated rings. The maximum absolute atomic E-state index is 11.0. The lowest BCUT2D eigenvalue weighted by molar-refractivity contribution is -0.186. The molecular weight excluding hydrogens is 258 g/mol. The van der Waals surface area contributed by atoms with Crippen molar-refractivity contribution in [2.24, 2.45) is 5.92 Å². The Bertz CT molecular complexity index is 440. The van der Waals surface area contributed by atoms with Crippen molar-refractivity contribution < 1.29 is 19.2 Å². The van der Waals surface area contributed by atoms with Crippen molar-refractivity contribution in [3.05, 3.63) is 35.4 Å². The molecule has 0 atom stereocenters. The highest BCUT2D eigenvalue weighted by atomic mass is 16.7. The molecule has 0 bridgehead atoms. The van der Waals surface area contributed by atoms with E-state index in [2.05, 4.69) is 0 Å². The van der Waals surface area contributed by atoms with Gasteiger partial charge in [0.1, 0.15) is 0 Å². The summed E-state index contributed by atoms with van der Waals surface area (Å²) in [6, 6.07) is 6.65. The molecular formula is C15H19NO4. The van der Waals surface area contributed by atoms with E-state index in [0.29, 0.717) is 23.7 Å². The Labute approximate surface area is 118 Å². The summed E-state index contributed by atoms with van der Waals surface area (Å²) >= 11 is 0. The second-order valence-corrected chi connectivity index (χ2v) is 4.72. The number of aldehydes is 2. The Morgan fingerprint density at radius 2 is 1.65 bits per heavy atom. The Balaban J connectivity index is 0.000000200. The van der Waals surface area contributed by atoms with Crippen molar-refractivity contribution in [1.29, 1.82) is 0 Å². The molecule has 2 rings (SSSR count). The van der Waals surface area contributed by atoms with Crippen LogP contribution in [-0.2, 0) is 9.63 Å². The van der Waals surface area contributed by atoms with E-state index in [-0.39, 0.29) is 11.9 Å². The number of hydroxylamine groups is 2. The summed E-state index contributed by atoms with van der Waals surface area (Å²) in [5, 5.41) is 1.45. The molecule has 0 saturated heterocycles. The number of hydrogen-bond donors (Lipinski definition) is 0. The van der Waals surface area contributed by atoms with E-state index in [4.69, 9.17) is 4.84 Å². The average Bonchev–Trinajstić information content (AvgIpc) is 2.36. The minimum Gasteiger partial charge on any atom is -0.368 e. The topological polar surface area (TPSA) is 63.7 Å². The fourth-order valence-electron chi connectivity index (χ4n) is 1.62. The van der Waals surface area contributed by atoms with E-state index < -0.39 is 0 Å². The van der Waals surface area contributed by atoms with Crippen molar-refractivity contribution in [1.82, 2.24) is 5.06 Å². The highest BCUT2D eigenvalue weighted by Crippen LogP contribution is 2.27. The number of hydrogen-bond acceptors (Lipinski definition) is 5. The van der Waals surface area contributed by atoms with Gasteiger partial charge in [-0.25, -0.2) is 0 Å². The van der Waals surface area contributed by atoms with Gasteiger partial charge in [-0.3, -0.25) is 14.4 Å². The zero-order valence-corrected chi connectivity index (χ0v) is 11.7. The van der Waals surface area contributed by atoms with Crippen LogP contribution < -0.4 is 0 Å². The molecule has 0 aromatic heterocycles. The Morgan fingerprint density at radius 3 is 1.95 bits per heavy atom. The number of nitrogens with zero attached hydrogens (tertiary/aromatic N) is 1. The molecule has 0 radical (unpaired) electrons. The highest BCUT2D eigenvalue weighted by Gasteiger charge is 2.27. The SMILES string of the molecule is CN(C)OC(=O)C1CCC1.O=Cc1ccccc1C=O. The van der Waals surface area contributed by atoms with E-state index in [0.717, 1.165) is 12.8 Å². The van der Waals surface area contributed by atoms with Crippen molar-refractivity contribution in [2.75, 3.05) is 14.1 Å². The first kappa shape index (κ1) is 16.0. The Hall–Kier alpha value is -2.01. The minimum atomic E-state index is -0.0729. The lowest BCUT2D eigenvalue weighted by Crippen LogP contribution is -2.29. The van der Waals surface area contributed by atoms with Crippen LogP contribution in [-0.4, -0.2) is 37.7 Å². The molecule has 0 N–H and O–H groups in total. The molecule has 0 unspecified atom stereocenters. The third-order valence-electron chi connectivity index (χ3n) is 2.96. The third-order valence-corrected chi connectivity index (χ3v) is 2.96. The molecule has 1 aliphatic carbocycles. The summed E-state index contributed by atoms with van der Waals surface area (Å²) in [4.78, 5) is 36.3. The molecule has 0 spiro atoms. The summed E-state index contributed by atoms with van der Waals surface area (Å²) in [7, 11) is 3.44. The second kappa shape index (κ2) is 8.22. The Morgan fingerprint density at radius 1 is 1.15 bits per heavy atom. The second-order valence-electron chi connectivity index (χ2n) is 4.72. The van der Waals surface area contributed by atoms with Crippen LogP contribution in [0.1, 0.15) is 40.0 Å². The van der Waals surface area contributed by atoms with Gasteiger partial charge in [0.2, 0.25) is 0 Å². The summed E-state index contributed by atoms with van der Waals surface area (Å²) in [5.74, 6) is 0.110. The van der Waals surface area contributed by atoms with Crippen LogP contribution in [0.15, 0.2) is 24.3 Å². The van der Waals surface area contributed by atoms with Gasteiger partial charge in [-0.2, -0.15) is 0 Å². The first-order valence-corrected chi connectivity index (χ1v) is 6.47. The molecule has 0 heterocycles. The minimum absolute atomic E-state index is 0.0729. The lowest BCUT2D eigenvalue weighted by atomic mass is 9.86. The molecule has 5 nitrogen and oxygen atoms in total. The largest absolute Gasteiger partial charge is 0.368 e. The van der Waals surface area contributed by atoms with Crippen LogP contribution in [0.5, 0.6) is 0 Å². The lowest BCUT2D eigenvalue weighted by Gasteiger charge is -2.24. The predicted molar refractivity (Wildman–Crippen MR) is 74.3 cm³/mol. The van der Waals surface area contributed by atoms with Crippen molar-refractivity contribution in [3.63, 3.8) is 0 Å². The van der Waals surface area contributed by atoms with Gasteiger partial charge in [-0.1, -0.05) is 30.7 Å². The fraction of sp³-hybridized carbons (Fsp3) is 0.400. The van der Waals surface area contributed by atoms with Gasteiger partial charge in [0.05, 0.1) is 5.92 Å². The zero-order chi connectivity index (χ0) is 15.0. The monoisotopic (exact) mass is 277 g/mol. The van der Waals surface area contributed by atoms with E-state index >= 15 is 0 Å². The molecule has 0 aliphatic heterocycles. The van der Waals surface area contributed by atoms with Crippen molar-refractivity contribution in [2.45, 2.75) is 19.3 Å². The molecule has 1 aromatic carbocycles. The van der Waals surface area contributed by atoms with Crippen LogP contribution in [0.25, 0.3) is 0 Å². The summed E-state index contributed by atoms with van der Waals surface area (Å²) < 4.78 is 0. The molecule has 5 heteroatoms. The maximum Gasteiger partial charge on any atom is 0.328 e. The molecule has 0 amide bonds. The fourth-order valence-corrected chi connectivity index (χ4v) is 1.62. The van der Waals surface area contributed by atoms with Gasteiger partial charge < -0.3 is 4.84 Å². The summed E-state index contributed by atoms with van der Waals surface area (Å²) in [6.45, 7) is 0. The summed E-state index contributed by atoms with van der Waals surface area (Å²) in [5.41, 5.74) is 0.884. The standard InChI is InChI=1S/C8H6O2.C7H13NO2/c9-5-7-3-1-2-4-8(7)6-10;1-8(2)10-7(9)6-4-3-5-6/h1-6H;6H,3-5H2,1-2H3. The smallest absolute Gasteiger partial charge is 0.328 e. The van der Waals surface area contributed by atoms with Crippen LogP contribution in [0.4, 0.5) is 0 Å². The number of carbonyl (C=O) groups excluding carboxylic acids is 3. The number of benzene rings is 1. The normalized spacial score (nSPS) is 13.8. The molecule has 108 valence electrons. The first-order chi connectivity index (χ1) is 9.58. The first-order valence-electron chi connectivity index (χ1n) is 6.47. The van der Waals surface area contributed by atoms with E-state index in [1.807, 2.05) is 0 Å². The van der Waals surface area contributed by atoms with E-state index in [1.54, 1.807) is 38.4 Å². The van der Waals surface area contributed by atoms with Gasteiger partial charge in [-0.15, -0.1) is 5.06 Å². The molecule has 20 heavy (non-hydrogen) atoms. The van der Waals surface area contributed by atoms with Gasteiger partial charge in [0.25, 0.3) is 0 Å². The van der Waals surface area contributed by atoms with Crippen molar-refractivity contribution in [3.8, 4) is 0 Å². The Kier molecular flexibility index (Phi) is 6.59. The van der Waals surface area contributed by atoms with Gasteiger partial charge >= 0.3 is 5.97 Å². The zero-order valence-electron chi connectivity index (χ0n) is 11.7. The van der Waals surface area contributed by atoms with Crippen molar-refractivity contribution >= 4 is 18.5 Å². The van der Waals surface area contributed by atoms with Crippen LogP contribution >= 0.6 is 0 Å². The van der Waals surface area contributed by atoms with Crippen LogP contribution in [0, 0.1) is 5.92 Å². The van der Waals surface area contributed by atoms with Gasteiger partial charge in [0, 0.05) is 25.2 Å². The number of rotatable bonds is 4. The van der Waals surface area contributed by atoms with Crippen LogP contribution in [0.3, 0.4) is 0 Å². The quantitative estimate of drug-likeness (QED) is 0.623. The van der Waals surface area contributed by atoms with E-state index in [9.17, 15) is 14.4 Å². The van der Waals surface area contributed by atoms with E-state index in [1.165, 1.54) is 11.5 Å². The molecule has 1 aromatic rings. The number of carbonyl (C=O) groups is 3. The predicted octanol–water partition coefficient (Wildman–Crippen LogP) is 2.12. The molecule has 1 aliphatic rings. The van der Waals surface area contributed by atoms with Crippen LogP contribution in [0.2, 0.25) is 0 Å². The van der Waals surface area contributed by atoms with Gasteiger partial charge in [-0.05, 0) is 12.8 Å². The third kappa shape index (κ3) is 4.93. The maximum atomic E-state index is 11.0. The molecule has 1 saturated carbocycles. The summed E-state index contributed by atoms with van der Waals surface area (Å²) in [6.07, 6.45) is 4.53.